The number of nitrogens with zero attached hydrogens (tertiary/aromatic N) is 3. The number of hydrogen-bond donors (Lipinski definition) is 0. The highest BCUT2D eigenvalue weighted by molar-refractivity contribution is 6.30. The maximum Gasteiger partial charge on any atom is 0.145 e. The van der Waals surface area contributed by atoms with Gasteiger partial charge in [0.1, 0.15) is 16.8 Å². The Morgan fingerprint density at radius 1 is 1.53 bits per heavy atom. The molecule has 1 saturated carbocycles. The lowest BCUT2D eigenvalue weighted by Crippen LogP contribution is -2.06. The van der Waals surface area contributed by atoms with E-state index in [-0.39, 0.29) is 0 Å². The normalized spacial score (nSPS) is 16.9. The Labute approximate surface area is 94.6 Å². The van der Waals surface area contributed by atoms with Crippen LogP contribution in [0.25, 0.3) is 0 Å². The topological polar surface area (TPSA) is 41.6 Å². The molecule has 15 heavy (non-hydrogen) atoms. The third-order valence-corrected chi connectivity index (χ3v) is 3.40. The zero-order valence-corrected chi connectivity index (χ0v) is 9.59. The van der Waals surface area contributed by atoms with Crippen molar-refractivity contribution in [3.63, 3.8) is 0 Å². The van der Waals surface area contributed by atoms with Crippen LogP contribution in [0.4, 0.5) is 0 Å². The van der Waals surface area contributed by atoms with Gasteiger partial charge in [0.05, 0.1) is 11.7 Å². The first-order valence-electron chi connectivity index (χ1n) is 5.45. The summed E-state index contributed by atoms with van der Waals surface area (Å²) in [6.45, 7) is 2.00. The Kier molecular flexibility index (Phi) is 2.97. The summed E-state index contributed by atoms with van der Waals surface area (Å²) < 4.78 is 1.85. The van der Waals surface area contributed by atoms with Crippen molar-refractivity contribution in [1.82, 2.24) is 9.78 Å². The summed E-state index contributed by atoms with van der Waals surface area (Å²) >= 11 is 6.17. The van der Waals surface area contributed by atoms with E-state index in [2.05, 4.69) is 11.2 Å². The van der Waals surface area contributed by atoms with Crippen molar-refractivity contribution < 1.29 is 0 Å². The van der Waals surface area contributed by atoms with E-state index < -0.39 is 0 Å². The summed E-state index contributed by atoms with van der Waals surface area (Å²) in [6.07, 6.45) is 5.52. The molecule has 0 bridgehead atoms. The van der Waals surface area contributed by atoms with Crippen molar-refractivity contribution in [2.45, 2.75) is 45.1 Å². The van der Waals surface area contributed by atoms with Crippen molar-refractivity contribution in [2.24, 2.45) is 0 Å². The molecular formula is C11H14ClN3. The predicted octanol–water partition coefficient (Wildman–Crippen LogP) is 3.09. The fourth-order valence-electron chi connectivity index (χ4n) is 2.21. The molecule has 0 unspecified atom stereocenters. The van der Waals surface area contributed by atoms with Crippen LogP contribution in [0.3, 0.4) is 0 Å². The van der Waals surface area contributed by atoms with E-state index in [0.717, 1.165) is 25.0 Å². The van der Waals surface area contributed by atoms with Gasteiger partial charge in [0, 0.05) is 0 Å². The van der Waals surface area contributed by atoms with Gasteiger partial charge >= 0.3 is 0 Å². The largest absolute Gasteiger partial charge is 0.249 e. The van der Waals surface area contributed by atoms with Crippen LogP contribution in [-0.4, -0.2) is 9.78 Å². The lowest BCUT2D eigenvalue weighted by atomic mass is 10.2. The van der Waals surface area contributed by atoms with Gasteiger partial charge in [-0.3, -0.25) is 0 Å². The average molecular weight is 224 g/mol. The molecule has 1 aliphatic carbocycles. The number of rotatable bonds is 2. The second kappa shape index (κ2) is 4.24. The Morgan fingerprint density at radius 3 is 2.67 bits per heavy atom. The maximum atomic E-state index is 9.00. The van der Waals surface area contributed by atoms with Crippen molar-refractivity contribution >= 4 is 11.6 Å². The molecule has 4 heteroatoms. The summed E-state index contributed by atoms with van der Waals surface area (Å²) in [5.74, 6) is 0. The van der Waals surface area contributed by atoms with Crippen molar-refractivity contribution in [1.29, 1.82) is 5.26 Å². The van der Waals surface area contributed by atoms with E-state index in [4.69, 9.17) is 16.9 Å². The second-order valence-electron chi connectivity index (χ2n) is 3.96. The molecule has 0 N–H and O–H groups in total. The first-order chi connectivity index (χ1) is 7.27. The summed E-state index contributed by atoms with van der Waals surface area (Å²) in [5, 5.41) is 14.0. The molecule has 1 aliphatic rings. The highest BCUT2D eigenvalue weighted by Gasteiger charge is 2.23. The molecule has 80 valence electrons. The van der Waals surface area contributed by atoms with E-state index in [1.54, 1.807) is 0 Å². The van der Waals surface area contributed by atoms with E-state index in [1.165, 1.54) is 12.8 Å². The predicted molar refractivity (Wildman–Crippen MR) is 58.8 cm³/mol. The van der Waals surface area contributed by atoms with Crippen LogP contribution in [0, 0.1) is 11.3 Å². The molecule has 0 saturated heterocycles. The molecule has 0 radical (unpaired) electrons. The molecule has 0 aliphatic heterocycles. The van der Waals surface area contributed by atoms with Gasteiger partial charge in [-0.15, -0.1) is 0 Å². The maximum absolute atomic E-state index is 9.00. The molecular weight excluding hydrogens is 210 g/mol. The second-order valence-corrected chi connectivity index (χ2v) is 4.32. The Balaban J connectivity index is 2.40. The summed E-state index contributed by atoms with van der Waals surface area (Å²) in [6, 6.07) is 2.55. The molecule has 0 amide bonds. The Hall–Kier alpha value is -1.01. The van der Waals surface area contributed by atoms with Gasteiger partial charge in [-0.1, -0.05) is 31.4 Å². The monoisotopic (exact) mass is 223 g/mol. The van der Waals surface area contributed by atoms with Crippen LogP contribution < -0.4 is 0 Å². The van der Waals surface area contributed by atoms with Crippen molar-refractivity contribution in [3.05, 3.63) is 16.4 Å². The number of aromatic nitrogens is 2. The Bertz CT molecular complexity index is 397. The number of aryl methyl sites for hydroxylation is 1. The number of nitriles is 1. The Morgan fingerprint density at radius 2 is 2.20 bits per heavy atom. The summed E-state index contributed by atoms with van der Waals surface area (Å²) in [7, 11) is 0. The molecule has 1 aromatic heterocycles. The zero-order valence-electron chi connectivity index (χ0n) is 8.83. The average Bonchev–Trinajstić information content (AvgIpc) is 2.84. The van der Waals surface area contributed by atoms with E-state index in [1.807, 2.05) is 11.6 Å². The van der Waals surface area contributed by atoms with Gasteiger partial charge in [0.25, 0.3) is 0 Å². The molecule has 0 spiro atoms. The number of hydrogen-bond acceptors (Lipinski definition) is 2. The van der Waals surface area contributed by atoms with Crippen LogP contribution in [-0.2, 0) is 6.42 Å². The third kappa shape index (κ3) is 1.74. The van der Waals surface area contributed by atoms with Crippen molar-refractivity contribution in [2.75, 3.05) is 0 Å². The first-order valence-corrected chi connectivity index (χ1v) is 5.82. The molecule has 2 rings (SSSR count). The molecule has 0 atom stereocenters. The molecule has 1 fully saturated rings. The molecule has 0 aromatic carbocycles. The standard InChI is InChI=1S/C11H14ClN3/c1-2-10-9(7-13)11(12)15(14-10)8-5-3-4-6-8/h8H,2-6H2,1H3. The smallest absolute Gasteiger partial charge is 0.145 e. The van der Waals surface area contributed by atoms with Crippen LogP contribution in [0.1, 0.15) is 49.9 Å². The molecule has 1 heterocycles. The van der Waals surface area contributed by atoms with Gasteiger partial charge < -0.3 is 0 Å². The van der Waals surface area contributed by atoms with E-state index in [9.17, 15) is 0 Å². The van der Waals surface area contributed by atoms with Crippen molar-refractivity contribution in [3.8, 4) is 6.07 Å². The molecule has 3 nitrogen and oxygen atoms in total. The van der Waals surface area contributed by atoms with E-state index in [0.29, 0.717) is 16.8 Å². The lowest BCUT2D eigenvalue weighted by molar-refractivity contribution is 0.464. The third-order valence-electron chi connectivity index (χ3n) is 3.04. The highest BCUT2D eigenvalue weighted by Crippen LogP contribution is 2.33. The van der Waals surface area contributed by atoms with Crippen LogP contribution in [0.15, 0.2) is 0 Å². The lowest BCUT2D eigenvalue weighted by Gasteiger charge is -2.10. The first kappa shape index (κ1) is 10.5. The van der Waals surface area contributed by atoms with Crippen LogP contribution in [0.2, 0.25) is 5.15 Å². The van der Waals surface area contributed by atoms with Gasteiger partial charge in [-0.25, -0.2) is 4.68 Å². The minimum atomic E-state index is 0.407. The highest BCUT2D eigenvalue weighted by atomic mass is 35.5. The fourth-order valence-corrected chi connectivity index (χ4v) is 2.53. The SMILES string of the molecule is CCc1nn(C2CCCC2)c(Cl)c1C#N. The van der Waals surface area contributed by atoms with E-state index >= 15 is 0 Å². The fraction of sp³-hybridized carbons (Fsp3) is 0.636. The molecule has 1 aromatic rings. The zero-order chi connectivity index (χ0) is 10.8. The number of halogens is 1. The van der Waals surface area contributed by atoms with Gasteiger partial charge in [0.2, 0.25) is 0 Å². The van der Waals surface area contributed by atoms with Gasteiger partial charge in [-0.2, -0.15) is 10.4 Å². The summed E-state index contributed by atoms with van der Waals surface area (Å²) in [5.41, 5.74) is 1.39. The van der Waals surface area contributed by atoms with Crippen LogP contribution in [0.5, 0.6) is 0 Å². The van der Waals surface area contributed by atoms with Gasteiger partial charge in [0.15, 0.2) is 0 Å². The van der Waals surface area contributed by atoms with Crippen LogP contribution >= 0.6 is 11.6 Å². The van der Waals surface area contributed by atoms with Gasteiger partial charge in [-0.05, 0) is 19.3 Å². The quantitative estimate of drug-likeness (QED) is 0.773. The summed E-state index contributed by atoms with van der Waals surface area (Å²) in [4.78, 5) is 0. The minimum absolute atomic E-state index is 0.407. The minimum Gasteiger partial charge on any atom is -0.249 e.